The first kappa shape index (κ1) is 21.6. The number of rotatable bonds is 4. The van der Waals surface area contributed by atoms with Gasteiger partial charge < -0.3 is 9.64 Å². The lowest BCUT2D eigenvalue weighted by molar-refractivity contribution is -0.137. The summed E-state index contributed by atoms with van der Waals surface area (Å²) in [5.41, 5.74) is 0.816. The minimum Gasteiger partial charge on any atom is -0.472 e. The predicted molar refractivity (Wildman–Crippen MR) is 112 cm³/mol. The van der Waals surface area contributed by atoms with Gasteiger partial charge in [-0.3, -0.25) is 9.79 Å². The molecule has 0 spiro atoms. The number of alkyl halides is 3. The fraction of sp³-hybridized carbons (Fsp3) is 0.286. The number of allylic oxidation sites excluding steroid dienone is 1. The van der Waals surface area contributed by atoms with Gasteiger partial charge in [-0.2, -0.15) is 13.2 Å². The summed E-state index contributed by atoms with van der Waals surface area (Å²) in [6.07, 6.45) is -0.875. The van der Waals surface area contributed by atoms with Crippen molar-refractivity contribution in [1.29, 1.82) is 0 Å². The summed E-state index contributed by atoms with van der Waals surface area (Å²) in [7, 11) is 0. The lowest BCUT2D eigenvalue weighted by atomic mass is 10.0. The number of likely N-dealkylation sites (tertiary alicyclic amines) is 1. The Balaban J connectivity index is 1.48. The van der Waals surface area contributed by atoms with E-state index in [2.05, 4.69) is 9.98 Å². The molecule has 2 aliphatic rings. The number of ether oxygens (including phenoxy) is 1. The van der Waals surface area contributed by atoms with Crippen molar-refractivity contribution < 1.29 is 22.7 Å². The first-order valence-electron chi connectivity index (χ1n) is 9.40. The summed E-state index contributed by atoms with van der Waals surface area (Å²) in [5, 5.41) is 0.162. The molecule has 10 heteroatoms. The van der Waals surface area contributed by atoms with E-state index in [-0.39, 0.29) is 28.5 Å². The van der Waals surface area contributed by atoms with E-state index < -0.39 is 11.7 Å². The molecule has 0 unspecified atom stereocenters. The highest BCUT2D eigenvalue weighted by molar-refractivity contribution is 6.44. The number of aliphatic imine (C=N–C) groups is 1. The molecule has 3 heterocycles. The molecule has 0 bridgehead atoms. The van der Waals surface area contributed by atoms with Crippen LogP contribution in [-0.4, -0.2) is 47.6 Å². The topological polar surface area (TPSA) is 54.8 Å². The molecule has 1 aromatic carbocycles. The highest BCUT2D eigenvalue weighted by atomic mass is 35.5. The van der Waals surface area contributed by atoms with Gasteiger partial charge in [-0.25, -0.2) is 4.98 Å². The van der Waals surface area contributed by atoms with Crippen LogP contribution in [-0.2, 0) is 11.0 Å². The zero-order chi connectivity index (χ0) is 22.2. The monoisotopic (exact) mass is 469 g/mol. The molecule has 0 aliphatic carbocycles. The third kappa shape index (κ3) is 4.70. The maximum atomic E-state index is 12.9. The van der Waals surface area contributed by atoms with Crippen LogP contribution in [0.5, 0.6) is 5.88 Å². The summed E-state index contributed by atoms with van der Waals surface area (Å²) in [4.78, 5) is 21.9. The quantitative estimate of drug-likeness (QED) is 0.633. The first-order chi connectivity index (χ1) is 14.7. The van der Waals surface area contributed by atoms with Gasteiger partial charge in [0.1, 0.15) is 17.7 Å². The van der Waals surface area contributed by atoms with Crippen LogP contribution in [0.15, 0.2) is 52.3 Å². The molecule has 31 heavy (non-hydrogen) atoms. The molecule has 2 aromatic rings. The number of halogens is 5. The summed E-state index contributed by atoms with van der Waals surface area (Å²) >= 11 is 12.2. The molecule has 0 amide bonds. The van der Waals surface area contributed by atoms with Crippen molar-refractivity contribution in [2.24, 2.45) is 4.99 Å². The van der Waals surface area contributed by atoms with Crippen LogP contribution in [0, 0.1) is 0 Å². The fourth-order valence-corrected chi connectivity index (χ4v) is 4.00. The van der Waals surface area contributed by atoms with Gasteiger partial charge in [0.25, 0.3) is 0 Å². The number of nitrogens with zero attached hydrogens (tertiary/aromatic N) is 3. The average Bonchev–Trinajstić information content (AvgIpc) is 3.17. The molecule has 1 atom stereocenters. The largest absolute Gasteiger partial charge is 0.472 e. The number of ketones is 1. The zero-order valence-electron chi connectivity index (χ0n) is 16.0. The molecule has 1 aromatic heterocycles. The summed E-state index contributed by atoms with van der Waals surface area (Å²) < 4.78 is 44.6. The Kier molecular flexibility index (Phi) is 5.94. The number of benzene rings is 1. The third-order valence-corrected chi connectivity index (χ3v) is 5.75. The van der Waals surface area contributed by atoms with E-state index >= 15 is 0 Å². The van der Waals surface area contributed by atoms with Gasteiger partial charge in [-0.05, 0) is 23.8 Å². The van der Waals surface area contributed by atoms with Crippen molar-refractivity contribution in [3.8, 4) is 17.0 Å². The molecule has 1 saturated heterocycles. The Bertz CT molecular complexity index is 1090. The van der Waals surface area contributed by atoms with Crippen LogP contribution in [0.25, 0.3) is 11.1 Å². The summed E-state index contributed by atoms with van der Waals surface area (Å²) in [6, 6.07) is 6.50. The lowest BCUT2D eigenvalue weighted by Crippen LogP contribution is -2.28. The van der Waals surface area contributed by atoms with E-state index in [1.54, 1.807) is 18.3 Å². The van der Waals surface area contributed by atoms with Gasteiger partial charge in [0.05, 0.1) is 17.8 Å². The van der Waals surface area contributed by atoms with Crippen LogP contribution >= 0.6 is 23.2 Å². The smallest absolute Gasteiger partial charge is 0.416 e. The van der Waals surface area contributed by atoms with Crippen LogP contribution < -0.4 is 4.74 Å². The van der Waals surface area contributed by atoms with E-state index in [1.807, 2.05) is 4.90 Å². The van der Waals surface area contributed by atoms with E-state index in [0.717, 1.165) is 12.1 Å². The molecule has 0 N–H and O–H groups in total. The van der Waals surface area contributed by atoms with E-state index in [0.29, 0.717) is 42.2 Å². The van der Waals surface area contributed by atoms with Crippen LogP contribution in [0.1, 0.15) is 12.0 Å². The second kappa shape index (κ2) is 8.51. The van der Waals surface area contributed by atoms with Gasteiger partial charge >= 0.3 is 6.18 Å². The van der Waals surface area contributed by atoms with Gasteiger partial charge in [0.2, 0.25) is 5.88 Å². The molecule has 5 nitrogen and oxygen atoms in total. The maximum absolute atomic E-state index is 12.9. The molecule has 1 fully saturated rings. The minimum absolute atomic E-state index is 0.0122. The zero-order valence-corrected chi connectivity index (χ0v) is 17.5. The van der Waals surface area contributed by atoms with Crippen molar-refractivity contribution in [3.63, 3.8) is 0 Å². The number of hydrogen-bond acceptors (Lipinski definition) is 5. The van der Waals surface area contributed by atoms with Crippen LogP contribution in [0.3, 0.4) is 0 Å². The van der Waals surface area contributed by atoms with Gasteiger partial charge in [-0.1, -0.05) is 29.3 Å². The number of pyridine rings is 1. The number of hydrogen-bond donors (Lipinski definition) is 0. The molecule has 0 saturated carbocycles. The molecule has 162 valence electrons. The van der Waals surface area contributed by atoms with Gasteiger partial charge in [0, 0.05) is 42.0 Å². The molecular formula is C21H16Cl2F3N3O2. The molecular weight excluding hydrogens is 454 g/mol. The van der Waals surface area contributed by atoms with Crippen molar-refractivity contribution in [2.75, 3.05) is 19.6 Å². The molecule has 0 radical (unpaired) electrons. The molecule has 4 rings (SSSR count). The summed E-state index contributed by atoms with van der Waals surface area (Å²) in [6.45, 7) is 1.19. The Morgan fingerprint density at radius 1 is 1.16 bits per heavy atom. The van der Waals surface area contributed by atoms with Crippen molar-refractivity contribution >= 4 is 35.2 Å². The number of dihydropyridines is 1. The maximum Gasteiger partial charge on any atom is 0.416 e. The SMILES string of the molecule is O=C1CN=CC(N2CC[C@@H](Oc3cc(-c4ccc(C(F)(F)F)cc4Cl)ccn3)C2)=C1Cl. The Labute approximate surface area is 186 Å². The average molecular weight is 470 g/mol. The van der Waals surface area contributed by atoms with Crippen molar-refractivity contribution in [3.05, 3.63) is 57.8 Å². The number of Topliss-reactive ketones (excluding diaryl/α,β-unsaturated/α-hetero) is 1. The Morgan fingerprint density at radius 3 is 2.71 bits per heavy atom. The third-order valence-electron chi connectivity index (χ3n) is 5.03. The highest BCUT2D eigenvalue weighted by Gasteiger charge is 2.31. The van der Waals surface area contributed by atoms with Crippen molar-refractivity contribution in [2.45, 2.75) is 18.7 Å². The Hall–Kier alpha value is -2.58. The van der Waals surface area contributed by atoms with E-state index in [4.69, 9.17) is 27.9 Å². The van der Waals surface area contributed by atoms with Crippen molar-refractivity contribution in [1.82, 2.24) is 9.88 Å². The van der Waals surface area contributed by atoms with E-state index in [1.165, 1.54) is 12.3 Å². The van der Waals surface area contributed by atoms with Crippen LogP contribution in [0.2, 0.25) is 5.02 Å². The van der Waals surface area contributed by atoms with Gasteiger partial charge in [0.15, 0.2) is 5.78 Å². The van der Waals surface area contributed by atoms with E-state index in [9.17, 15) is 18.0 Å². The van der Waals surface area contributed by atoms with Crippen LogP contribution in [0.4, 0.5) is 13.2 Å². The lowest BCUT2D eigenvalue weighted by Gasteiger charge is -2.22. The second-order valence-electron chi connectivity index (χ2n) is 7.14. The predicted octanol–water partition coefficient (Wildman–Crippen LogP) is 4.98. The first-order valence-corrected chi connectivity index (χ1v) is 10.2. The molecule has 2 aliphatic heterocycles. The fourth-order valence-electron chi connectivity index (χ4n) is 3.49. The highest BCUT2D eigenvalue weighted by Crippen LogP contribution is 2.36. The Morgan fingerprint density at radius 2 is 1.97 bits per heavy atom. The number of carbonyl (C=O) groups is 1. The number of aromatic nitrogens is 1. The minimum atomic E-state index is -4.46. The number of carbonyl (C=O) groups excluding carboxylic acids is 1. The summed E-state index contributed by atoms with van der Waals surface area (Å²) in [5.74, 6) is 0.111. The standard InChI is InChI=1S/C21H16Cl2F3N3O2/c22-16-8-13(21(24,25)26)1-2-15(16)12-3-5-28-19(7-12)31-14-4-6-29(11-14)17-9-27-10-18(30)20(17)23/h1-3,5,7-9,14H,4,6,10-11H2/t14-/m1/s1. The normalized spacial score (nSPS) is 19.3. The second-order valence-corrected chi connectivity index (χ2v) is 7.93. The van der Waals surface area contributed by atoms with Gasteiger partial charge in [-0.15, -0.1) is 0 Å².